The van der Waals surface area contributed by atoms with Crippen LogP contribution in [-0.2, 0) is 13.6 Å². The van der Waals surface area contributed by atoms with E-state index in [1.807, 2.05) is 11.7 Å². The Morgan fingerprint density at radius 3 is 2.47 bits per heavy atom. The molecule has 5 nitrogen and oxygen atoms in total. The molecule has 0 bridgehead atoms. The monoisotopic (exact) mass is 267 g/mol. The molecule has 1 rings (SSSR count). The van der Waals surface area contributed by atoms with E-state index >= 15 is 0 Å². The Bertz CT molecular complexity index is 383. The van der Waals surface area contributed by atoms with Crippen LogP contribution in [0.25, 0.3) is 0 Å². The van der Waals surface area contributed by atoms with E-state index in [1.165, 1.54) is 11.4 Å². The van der Waals surface area contributed by atoms with Gasteiger partial charge in [-0.15, -0.1) is 0 Å². The molecule has 0 radical (unpaired) electrons. The Balaban J connectivity index is 2.74. The van der Waals surface area contributed by atoms with Crippen LogP contribution < -0.4 is 10.2 Å². The van der Waals surface area contributed by atoms with Gasteiger partial charge in [0.25, 0.3) is 0 Å². The molecule has 1 heterocycles. The molecule has 0 saturated heterocycles. The van der Waals surface area contributed by atoms with Crippen LogP contribution >= 0.6 is 0 Å². The number of anilines is 1. The van der Waals surface area contributed by atoms with E-state index in [9.17, 15) is 0 Å². The van der Waals surface area contributed by atoms with Gasteiger partial charge >= 0.3 is 0 Å². The van der Waals surface area contributed by atoms with Crippen LogP contribution in [-0.4, -0.2) is 55.5 Å². The number of aromatic nitrogens is 2. The number of hydrogen-bond donors (Lipinski definition) is 1. The summed E-state index contributed by atoms with van der Waals surface area (Å²) in [5.41, 5.74) is 2.44. The topological polar surface area (TPSA) is 36.3 Å². The largest absolute Gasteiger partial charge is 0.360 e. The highest BCUT2D eigenvalue weighted by Crippen LogP contribution is 2.22. The molecule has 0 atom stereocenters. The first kappa shape index (κ1) is 16.0. The van der Waals surface area contributed by atoms with Gasteiger partial charge in [-0.2, -0.15) is 5.10 Å². The van der Waals surface area contributed by atoms with Crippen LogP contribution in [0.1, 0.15) is 24.6 Å². The minimum Gasteiger partial charge on any atom is -0.360 e. The summed E-state index contributed by atoms with van der Waals surface area (Å²) < 4.78 is 2.00. The first-order valence-corrected chi connectivity index (χ1v) is 7.06. The molecule has 1 aromatic heterocycles. The standard InChI is InChI=1S/C14H29N5/c1-7-15-11-13-12(2)16-19(6)14(13)18(5)10-8-9-17(3)4/h15H,7-11H2,1-6H3. The molecule has 0 aliphatic carbocycles. The van der Waals surface area contributed by atoms with Gasteiger partial charge in [0, 0.05) is 32.7 Å². The maximum Gasteiger partial charge on any atom is 0.131 e. The zero-order valence-electron chi connectivity index (χ0n) is 13.3. The molecule has 0 unspecified atom stereocenters. The third kappa shape index (κ3) is 4.51. The van der Waals surface area contributed by atoms with Gasteiger partial charge in [0.1, 0.15) is 5.82 Å². The van der Waals surface area contributed by atoms with E-state index in [2.05, 4.69) is 55.2 Å². The number of nitrogens with zero attached hydrogens (tertiary/aromatic N) is 4. The molecule has 0 aliphatic heterocycles. The minimum absolute atomic E-state index is 0.892. The van der Waals surface area contributed by atoms with Gasteiger partial charge < -0.3 is 15.1 Å². The minimum atomic E-state index is 0.892. The molecule has 1 aromatic rings. The van der Waals surface area contributed by atoms with Crippen LogP contribution in [0.2, 0.25) is 0 Å². The lowest BCUT2D eigenvalue weighted by Gasteiger charge is -2.22. The van der Waals surface area contributed by atoms with Gasteiger partial charge in [-0.1, -0.05) is 6.92 Å². The Morgan fingerprint density at radius 2 is 1.89 bits per heavy atom. The van der Waals surface area contributed by atoms with Crippen molar-refractivity contribution in [1.29, 1.82) is 0 Å². The fourth-order valence-corrected chi connectivity index (χ4v) is 2.35. The molecule has 0 amide bonds. The van der Waals surface area contributed by atoms with E-state index in [0.29, 0.717) is 0 Å². The maximum absolute atomic E-state index is 4.55. The molecule has 0 aliphatic rings. The second kappa shape index (κ2) is 7.50. The summed E-state index contributed by atoms with van der Waals surface area (Å²) in [6.07, 6.45) is 1.16. The Kier molecular flexibility index (Phi) is 6.31. The van der Waals surface area contributed by atoms with Crippen LogP contribution in [0.3, 0.4) is 0 Å². The summed E-state index contributed by atoms with van der Waals surface area (Å²) in [7, 11) is 8.41. The van der Waals surface area contributed by atoms with Gasteiger partial charge in [-0.3, -0.25) is 4.68 Å². The summed E-state index contributed by atoms with van der Waals surface area (Å²) in [4.78, 5) is 4.54. The summed E-state index contributed by atoms with van der Waals surface area (Å²) in [5.74, 6) is 1.23. The molecule has 0 saturated carbocycles. The number of nitrogens with one attached hydrogen (secondary N) is 1. The number of rotatable bonds is 8. The molecular formula is C14H29N5. The lowest BCUT2D eigenvalue weighted by atomic mass is 10.2. The van der Waals surface area contributed by atoms with E-state index in [4.69, 9.17) is 0 Å². The van der Waals surface area contributed by atoms with Crippen LogP contribution in [0, 0.1) is 6.92 Å². The SMILES string of the molecule is CCNCc1c(C)nn(C)c1N(C)CCCN(C)C. The zero-order chi connectivity index (χ0) is 14.4. The molecule has 1 N–H and O–H groups in total. The first-order valence-electron chi connectivity index (χ1n) is 7.06. The lowest BCUT2D eigenvalue weighted by molar-refractivity contribution is 0.401. The van der Waals surface area contributed by atoms with Crippen molar-refractivity contribution in [3.05, 3.63) is 11.3 Å². The second-order valence-corrected chi connectivity index (χ2v) is 5.37. The summed E-state index contributed by atoms with van der Waals surface area (Å²) in [6.45, 7) is 8.26. The van der Waals surface area contributed by atoms with E-state index in [0.717, 1.165) is 38.3 Å². The maximum atomic E-state index is 4.55. The van der Waals surface area contributed by atoms with Crippen molar-refractivity contribution in [3.8, 4) is 0 Å². The fraction of sp³-hybridized carbons (Fsp3) is 0.786. The van der Waals surface area contributed by atoms with Crippen molar-refractivity contribution in [2.45, 2.75) is 26.8 Å². The predicted octanol–water partition coefficient (Wildman–Crippen LogP) is 1.23. The summed E-state index contributed by atoms with van der Waals surface area (Å²) in [6, 6.07) is 0. The van der Waals surface area contributed by atoms with Gasteiger partial charge in [0.05, 0.1) is 5.69 Å². The molecule has 5 heteroatoms. The third-order valence-electron chi connectivity index (χ3n) is 3.33. The first-order chi connectivity index (χ1) is 8.97. The Labute approximate surface area is 117 Å². The highest BCUT2D eigenvalue weighted by atomic mass is 15.4. The van der Waals surface area contributed by atoms with Crippen molar-refractivity contribution in [2.75, 3.05) is 45.7 Å². The average molecular weight is 267 g/mol. The van der Waals surface area contributed by atoms with Crippen molar-refractivity contribution in [1.82, 2.24) is 20.0 Å². The third-order valence-corrected chi connectivity index (χ3v) is 3.33. The van der Waals surface area contributed by atoms with Gasteiger partial charge in [0.2, 0.25) is 0 Å². The predicted molar refractivity (Wildman–Crippen MR) is 81.8 cm³/mol. The Hall–Kier alpha value is -1.07. The van der Waals surface area contributed by atoms with Crippen LogP contribution in [0.15, 0.2) is 0 Å². The van der Waals surface area contributed by atoms with Crippen LogP contribution in [0.4, 0.5) is 5.82 Å². The molecule has 110 valence electrons. The van der Waals surface area contributed by atoms with Crippen molar-refractivity contribution in [2.24, 2.45) is 7.05 Å². The van der Waals surface area contributed by atoms with Crippen molar-refractivity contribution >= 4 is 5.82 Å². The van der Waals surface area contributed by atoms with Crippen molar-refractivity contribution < 1.29 is 0 Å². The fourth-order valence-electron chi connectivity index (χ4n) is 2.35. The number of aryl methyl sites for hydroxylation is 2. The quantitative estimate of drug-likeness (QED) is 0.768. The smallest absolute Gasteiger partial charge is 0.131 e. The van der Waals surface area contributed by atoms with Crippen LogP contribution in [0.5, 0.6) is 0 Å². The van der Waals surface area contributed by atoms with E-state index in [-0.39, 0.29) is 0 Å². The molecule has 0 aromatic carbocycles. The zero-order valence-corrected chi connectivity index (χ0v) is 13.3. The van der Waals surface area contributed by atoms with Crippen molar-refractivity contribution in [3.63, 3.8) is 0 Å². The van der Waals surface area contributed by atoms with E-state index in [1.54, 1.807) is 0 Å². The summed E-state index contributed by atoms with van der Waals surface area (Å²) in [5, 5.41) is 7.95. The van der Waals surface area contributed by atoms with E-state index < -0.39 is 0 Å². The number of hydrogen-bond acceptors (Lipinski definition) is 4. The molecular weight excluding hydrogens is 238 g/mol. The average Bonchev–Trinajstić information content (AvgIpc) is 2.60. The van der Waals surface area contributed by atoms with Gasteiger partial charge in [-0.25, -0.2) is 0 Å². The Morgan fingerprint density at radius 1 is 1.21 bits per heavy atom. The highest BCUT2D eigenvalue weighted by Gasteiger charge is 2.16. The lowest BCUT2D eigenvalue weighted by Crippen LogP contribution is -2.26. The molecule has 19 heavy (non-hydrogen) atoms. The second-order valence-electron chi connectivity index (χ2n) is 5.37. The van der Waals surface area contributed by atoms with Gasteiger partial charge in [-0.05, 0) is 40.5 Å². The normalized spacial score (nSPS) is 11.3. The summed E-state index contributed by atoms with van der Waals surface area (Å²) >= 11 is 0. The molecule has 0 spiro atoms. The van der Waals surface area contributed by atoms with Gasteiger partial charge in [0.15, 0.2) is 0 Å². The molecule has 0 fully saturated rings. The highest BCUT2D eigenvalue weighted by molar-refractivity contribution is 5.49.